The van der Waals surface area contributed by atoms with E-state index in [-0.39, 0.29) is 16.5 Å². The van der Waals surface area contributed by atoms with Gasteiger partial charge in [0, 0.05) is 28.6 Å². The molecule has 0 saturated heterocycles. The van der Waals surface area contributed by atoms with Crippen LogP contribution < -0.4 is 5.32 Å². The third-order valence-electron chi connectivity index (χ3n) is 3.49. The van der Waals surface area contributed by atoms with Crippen molar-refractivity contribution in [2.45, 2.75) is 12.5 Å². The van der Waals surface area contributed by atoms with Crippen LogP contribution in [0.25, 0.3) is 0 Å². The van der Waals surface area contributed by atoms with Crippen LogP contribution >= 0.6 is 23.2 Å². The molecule has 0 aliphatic heterocycles. The Morgan fingerprint density at radius 1 is 1.12 bits per heavy atom. The molecule has 2 aromatic rings. The predicted octanol–water partition coefficient (Wildman–Crippen LogP) is 3.92. The molecular weight excluding hydrogens is 394 g/mol. The molecule has 0 aliphatic carbocycles. The van der Waals surface area contributed by atoms with E-state index in [2.05, 4.69) is 10.1 Å². The van der Waals surface area contributed by atoms with Crippen molar-refractivity contribution in [3.8, 4) is 0 Å². The normalized spacial score (nSPS) is 11.8. The Morgan fingerprint density at radius 2 is 1.65 bits per heavy atom. The van der Waals surface area contributed by atoms with Crippen molar-refractivity contribution in [3.63, 3.8) is 0 Å². The number of amides is 1. The molecule has 1 amide bonds. The van der Waals surface area contributed by atoms with Crippen molar-refractivity contribution in [1.29, 1.82) is 0 Å². The third-order valence-corrected chi connectivity index (χ3v) is 4.20. The molecule has 2 aromatic carbocycles. The molecule has 0 saturated carbocycles. The summed E-state index contributed by atoms with van der Waals surface area (Å²) in [6.45, 7) is 0. The molecule has 0 heterocycles. The van der Waals surface area contributed by atoms with Crippen LogP contribution in [0.4, 0.5) is 13.2 Å². The highest BCUT2D eigenvalue weighted by molar-refractivity contribution is 6.36. The number of hydrogen-bond acceptors (Lipinski definition) is 3. The van der Waals surface area contributed by atoms with Crippen LogP contribution in [0, 0.1) is 17.5 Å². The fraction of sp³-hybridized carbons (Fsp3) is 0.176. The molecule has 26 heavy (non-hydrogen) atoms. The topological polar surface area (TPSA) is 55.4 Å². The molecule has 0 fully saturated rings. The number of esters is 1. The molecule has 0 aromatic heterocycles. The van der Waals surface area contributed by atoms with Gasteiger partial charge >= 0.3 is 5.97 Å². The molecule has 4 nitrogen and oxygen atoms in total. The highest BCUT2D eigenvalue weighted by Gasteiger charge is 2.27. The van der Waals surface area contributed by atoms with E-state index in [9.17, 15) is 22.8 Å². The Bertz CT molecular complexity index is 818. The largest absolute Gasteiger partial charge is 0.467 e. The molecule has 0 unspecified atom stereocenters. The van der Waals surface area contributed by atoms with E-state index in [0.29, 0.717) is 17.7 Å². The summed E-state index contributed by atoms with van der Waals surface area (Å²) < 4.78 is 45.1. The van der Waals surface area contributed by atoms with Crippen molar-refractivity contribution in [2.24, 2.45) is 0 Å². The second-order valence-corrected chi connectivity index (χ2v) is 6.01. The molecule has 9 heteroatoms. The summed E-state index contributed by atoms with van der Waals surface area (Å²) in [5.74, 6) is -6.11. The maximum atomic E-state index is 13.8. The van der Waals surface area contributed by atoms with E-state index in [0.717, 1.165) is 7.11 Å². The fourth-order valence-electron chi connectivity index (χ4n) is 2.26. The monoisotopic (exact) mass is 405 g/mol. The number of ether oxygens (including phenoxy) is 1. The lowest BCUT2D eigenvalue weighted by atomic mass is 10.0. The molecule has 0 aliphatic rings. The zero-order valence-corrected chi connectivity index (χ0v) is 14.8. The van der Waals surface area contributed by atoms with Gasteiger partial charge in [-0.15, -0.1) is 0 Å². The van der Waals surface area contributed by atoms with Crippen LogP contribution in [0.2, 0.25) is 10.0 Å². The number of methoxy groups -OCH3 is 1. The minimum absolute atomic E-state index is 0.179. The second kappa shape index (κ2) is 8.42. The van der Waals surface area contributed by atoms with Crippen molar-refractivity contribution in [1.82, 2.24) is 5.32 Å². The molecule has 138 valence electrons. The van der Waals surface area contributed by atoms with Crippen LogP contribution in [0.15, 0.2) is 30.3 Å². The minimum Gasteiger partial charge on any atom is -0.467 e. The molecular formula is C17H12Cl2F3NO3. The van der Waals surface area contributed by atoms with Gasteiger partial charge in [-0.05, 0) is 17.7 Å². The summed E-state index contributed by atoms with van der Waals surface area (Å²) in [6, 6.07) is 4.03. The van der Waals surface area contributed by atoms with Gasteiger partial charge in [-0.2, -0.15) is 0 Å². The summed E-state index contributed by atoms with van der Waals surface area (Å²) in [5, 5.41) is 2.63. The maximum Gasteiger partial charge on any atom is 0.328 e. The van der Waals surface area contributed by atoms with Gasteiger partial charge in [-0.1, -0.05) is 29.3 Å². The molecule has 0 spiro atoms. The van der Waals surface area contributed by atoms with E-state index < -0.39 is 40.9 Å². The quantitative estimate of drug-likeness (QED) is 0.766. The highest BCUT2D eigenvalue weighted by Crippen LogP contribution is 2.26. The van der Waals surface area contributed by atoms with E-state index in [4.69, 9.17) is 23.2 Å². The van der Waals surface area contributed by atoms with Gasteiger partial charge in [0.1, 0.15) is 29.1 Å². The van der Waals surface area contributed by atoms with Crippen molar-refractivity contribution in [3.05, 3.63) is 69.0 Å². The Labute approximate surface area is 156 Å². The first kappa shape index (κ1) is 20.1. The smallest absolute Gasteiger partial charge is 0.328 e. The Balaban J connectivity index is 2.32. The molecule has 2 rings (SSSR count). The Hall–Kier alpha value is -2.25. The number of hydrogen-bond donors (Lipinski definition) is 1. The summed E-state index contributed by atoms with van der Waals surface area (Å²) in [4.78, 5) is 24.2. The van der Waals surface area contributed by atoms with Crippen LogP contribution in [0.1, 0.15) is 15.9 Å². The Morgan fingerprint density at radius 3 is 2.15 bits per heavy atom. The number of benzene rings is 2. The first-order valence-corrected chi connectivity index (χ1v) is 7.96. The van der Waals surface area contributed by atoms with Crippen LogP contribution in [-0.2, 0) is 16.0 Å². The number of nitrogens with one attached hydrogen (secondary N) is 1. The number of rotatable bonds is 5. The number of halogens is 5. The lowest BCUT2D eigenvalue weighted by Crippen LogP contribution is -2.43. The lowest BCUT2D eigenvalue weighted by Gasteiger charge is -2.18. The summed E-state index contributed by atoms with van der Waals surface area (Å²) in [6.07, 6.45) is -0.179. The van der Waals surface area contributed by atoms with Gasteiger partial charge in [-0.25, -0.2) is 18.0 Å². The van der Waals surface area contributed by atoms with Gasteiger partial charge in [0.15, 0.2) is 0 Å². The van der Waals surface area contributed by atoms with Crippen LogP contribution in [0.5, 0.6) is 0 Å². The summed E-state index contributed by atoms with van der Waals surface area (Å²) >= 11 is 12.1. The fourth-order valence-corrected chi connectivity index (χ4v) is 2.81. The first-order chi connectivity index (χ1) is 12.2. The summed E-state index contributed by atoms with van der Waals surface area (Å²) in [5.41, 5.74) is -0.683. The third kappa shape index (κ3) is 4.47. The lowest BCUT2D eigenvalue weighted by molar-refractivity contribution is -0.142. The standard InChI is InChI=1S/C17H12Cl2F3NO3/c1-26-17(25)14(7-9-10(18)3-2-4-11(9)19)23-16(24)15-12(21)5-8(20)6-13(15)22/h2-6,14H,7H2,1H3,(H,23,24)/t14-/m1/s1. The molecule has 1 atom stereocenters. The molecule has 0 radical (unpaired) electrons. The molecule has 0 bridgehead atoms. The minimum atomic E-state index is -1.40. The predicted molar refractivity (Wildman–Crippen MR) is 89.8 cm³/mol. The summed E-state index contributed by atoms with van der Waals surface area (Å²) in [7, 11) is 1.08. The van der Waals surface area contributed by atoms with E-state index >= 15 is 0 Å². The Kier molecular flexibility index (Phi) is 6.50. The average Bonchev–Trinajstić information content (AvgIpc) is 2.55. The van der Waals surface area contributed by atoms with Gasteiger partial charge in [-0.3, -0.25) is 4.79 Å². The van der Waals surface area contributed by atoms with E-state index in [1.165, 1.54) is 12.1 Å². The highest BCUT2D eigenvalue weighted by atomic mass is 35.5. The van der Waals surface area contributed by atoms with Crippen LogP contribution in [-0.4, -0.2) is 25.0 Å². The van der Waals surface area contributed by atoms with Gasteiger partial charge in [0.25, 0.3) is 5.91 Å². The van der Waals surface area contributed by atoms with Crippen molar-refractivity contribution < 1.29 is 27.5 Å². The van der Waals surface area contributed by atoms with Gasteiger partial charge < -0.3 is 10.1 Å². The zero-order valence-electron chi connectivity index (χ0n) is 13.3. The maximum absolute atomic E-state index is 13.8. The van der Waals surface area contributed by atoms with Gasteiger partial charge in [0.05, 0.1) is 7.11 Å². The van der Waals surface area contributed by atoms with E-state index in [1.807, 2.05) is 0 Å². The zero-order chi connectivity index (χ0) is 19.4. The average molecular weight is 406 g/mol. The number of carbonyl (C=O) groups is 2. The second-order valence-electron chi connectivity index (χ2n) is 5.20. The van der Waals surface area contributed by atoms with Gasteiger partial charge in [0.2, 0.25) is 0 Å². The number of carbonyl (C=O) groups excluding carboxylic acids is 2. The first-order valence-electron chi connectivity index (χ1n) is 7.20. The molecule has 1 N–H and O–H groups in total. The van der Waals surface area contributed by atoms with Crippen molar-refractivity contribution >= 4 is 35.1 Å². The SMILES string of the molecule is COC(=O)[C@@H](Cc1c(Cl)cccc1Cl)NC(=O)c1c(F)cc(F)cc1F. The van der Waals surface area contributed by atoms with E-state index in [1.54, 1.807) is 6.07 Å². The van der Waals surface area contributed by atoms with Crippen LogP contribution in [0.3, 0.4) is 0 Å². The van der Waals surface area contributed by atoms with Crippen molar-refractivity contribution in [2.75, 3.05) is 7.11 Å².